The first-order valence-electron chi connectivity index (χ1n) is 8.17. The summed E-state index contributed by atoms with van der Waals surface area (Å²) in [7, 11) is 0. The number of nitrogens with one attached hydrogen (secondary N) is 1. The van der Waals surface area contributed by atoms with Crippen LogP contribution in [0.3, 0.4) is 0 Å². The number of amides is 2. The lowest BCUT2D eigenvalue weighted by Gasteiger charge is -2.35. The molecule has 0 unspecified atom stereocenters. The molecule has 0 saturated carbocycles. The van der Waals surface area contributed by atoms with Crippen molar-refractivity contribution < 1.29 is 9.59 Å². The molecular weight excluding hydrogens is 375 g/mol. The normalized spacial score (nSPS) is 14.3. The van der Waals surface area contributed by atoms with Crippen molar-refractivity contribution in [2.75, 3.05) is 36.4 Å². The van der Waals surface area contributed by atoms with Gasteiger partial charge in [-0.15, -0.1) is 0 Å². The highest BCUT2D eigenvalue weighted by atomic mass is 35.5. The van der Waals surface area contributed by atoms with Crippen molar-refractivity contribution in [1.29, 1.82) is 0 Å². The van der Waals surface area contributed by atoms with Gasteiger partial charge in [-0.1, -0.05) is 23.2 Å². The van der Waals surface area contributed by atoms with Crippen molar-refractivity contribution >= 4 is 46.4 Å². The van der Waals surface area contributed by atoms with Gasteiger partial charge in [0.25, 0.3) is 5.91 Å². The van der Waals surface area contributed by atoms with E-state index in [4.69, 9.17) is 23.2 Å². The predicted molar refractivity (Wildman–Crippen MR) is 103 cm³/mol. The maximum atomic E-state index is 12.4. The maximum absolute atomic E-state index is 12.4. The molecule has 0 spiro atoms. The van der Waals surface area contributed by atoms with Crippen molar-refractivity contribution in [3.63, 3.8) is 0 Å². The van der Waals surface area contributed by atoms with Gasteiger partial charge in [0.2, 0.25) is 5.91 Å². The number of piperazine rings is 1. The van der Waals surface area contributed by atoms with E-state index in [0.717, 1.165) is 18.8 Å². The Morgan fingerprint density at radius 3 is 2.42 bits per heavy atom. The molecule has 1 aliphatic heterocycles. The molecule has 6 nitrogen and oxygen atoms in total. The maximum Gasteiger partial charge on any atom is 0.274 e. The molecule has 0 radical (unpaired) electrons. The third-order valence-corrected chi connectivity index (χ3v) is 4.81. The fourth-order valence-corrected chi connectivity index (χ4v) is 3.10. The van der Waals surface area contributed by atoms with Crippen LogP contribution in [0.5, 0.6) is 0 Å². The number of aromatic nitrogens is 1. The third kappa shape index (κ3) is 4.26. The molecular formula is C18H18Cl2N4O2. The van der Waals surface area contributed by atoms with Gasteiger partial charge in [0, 0.05) is 38.1 Å². The Morgan fingerprint density at radius 2 is 1.81 bits per heavy atom. The van der Waals surface area contributed by atoms with E-state index in [1.165, 1.54) is 0 Å². The Balaban J connectivity index is 1.65. The quantitative estimate of drug-likeness (QED) is 0.869. The number of hydrogen-bond acceptors (Lipinski definition) is 4. The van der Waals surface area contributed by atoms with Gasteiger partial charge in [-0.3, -0.25) is 9.59 Å². The van der Waals surface area contributed by atoms with Crippen molar-refractivity contribution in [2.24, 2.45) is 0 Å². The second-order valence-electron chi connectivity index (χ2n) is 5.97. The smallest absolute Gasteiger partial charge is 0.274 e. The van der Waals surface area contributed by atoms with Crippen molar-refractivity contribution in [3.05, 3.63) is 52.3 Å². The lowest BCUT2D eigenvalue weighted by atomic mass is 10.2. The van der Waals surface area contributed by atoms with Gasteiger partial charge in [-0.05, 0) is 30.3 Å². The van der Waals surface area contributed by atoms with Crippen LogP contribution < -0.4 is 10.2 Å². The highest BCUT2D eigenvalue weighted by Crippen LogP contribution is 2.26. The highest BCUT2D eigenvalue weighted by molar-refractivity contribution is 6.35. The molecule has 136 valence electrons. The van der Waals surface area contributed by atoms with Crippen molar-refractivity contribution in [1.82, 2.24) is 9.88 Å². The molecule has 1 saturated heterocycles. The summed E-state index contributed by atoms with van der Waals surface area (Å²) < 4.78 is 0. The van der Waals surface area contributed by atoms with E-state index >= 15 is 0 Å². The van der Waals surface area contributed by atoms with Crippen LogP contribution in [-0.4, -0.2) is 47.9 Å². The Hall–Kier alpha value is -2.31. The van der Waals surface area contributed by atoms with Crippen molar-refractivity contribution in [2.45, 2.75) is 6.92 Å². The van der Waals surface area contributed by atoms with E-state index < -0.39 is 0 Å². The second-order valence-corrected chi connectivity index (χ2v) is 6.82. The molecule has 2 aromatic rings. The highest BCUT2D eigenvalue weighted by Gasteiger charge is 2.19. The van der Waals surface area contributed by atoms with Gasteiger partial charge in [0.1, 0.15) is 5.69 Å². The molecule has 1 aromatic heterocycles. The largest absolute Gasteiger partial charge is 0.367 e. The molecule has 8 heteroatoms. The molecule has 1 aliphatic rings. The van der Waals surface area contributed by atoms with E-state index in [2.05, 4.69) is 15.2 Å². The van der Waals surface area contributed by atoms with Crippen LogP contribution in [0.25, 0.3) is 0 Å². The monoisotopic (exact) mass is 392 g/mol. The van der Waals surface area contributed by atoms with Crippen LogP contribution in [-0.2, 0) is 4.79 Å². The molecule has 2 heterocycles. The molecule has 1 aromatic carbocycles. The summed E-state index contributed by atoms with van der Waals surface area (Å²) in [5, 5.41) is 3.60. The summed E-state index contributed by atoms with van der Waals surface area (Å²) in [6.07, 6.45) is 1.66. The van der Waals surface area contributed by atoms with Crippen LogP contribution >= 0.6 is 23.2 Å². The van der Waals surface area contributed by atoms with E-state index in [9.17, 15) is 9.59 Å². The van der Waals surface area contributed by atoms with Crippen LogP contribution in [0.2, 0.25) is 10.0 Å². The van der Waals surface area contributed by atoms with Gasteiger partial charge >= 0.3 is 0 Å². The van der Waals surface area contributed by atoms with E-state index in [0.29, 0.717) is 28.8 Å². The fraction of sp³-hybridized carbons (Fsp3) is 0.278. The molecule has 0 atom stereocenters. The van der Waals surface area contributed by atoms with E-state index in [-0.39, 0.29) is 17.5 Å². The Bertz CT molecular complexity index is 818. The first-order valence-corrected chi connectivity index (χ1v) is 8.92. The lowest BCUT2D eigenvalue weighted by molar-refractivity contribution is -0.129. The van der Waals surface area contributed by atoms with E-state index in [1.807, 2.05) is 11.0 Å². The van der Waals surface area contributed by atoms with Crippen LogP contribution in [0.15, 0.2) is 36.5 Å². The molecule has 3 rings (SSSR count). The lowest BCUT2D eigenvalue weighted by Crippen LogP contribution is -2.48. The fourth-order valence-electron chi connectivity index (χ4n) is 2.77. The van der Waals surface area contributed by atoms with Crippen LogP contribution in [0, 0.1) is 0 Å². The molecule has 1 fully saturated rings. The minimum atomic E-state index is -0.359. The topological polar surface area (TPSA) is 65.5 Å². The zero-order valence-electron chi connectivity index (χ0n) is 14.2. The minimum Gasteiger partial charge on any atom is -0.367 e. The van der Waals surface area contributed by atoms with Gasteiger partial charge in [-0.2, -0.15) is 0 Å². The van der Waals surface area contributed by atoms with Gasteiger partial charge in [0.15, 0.2) is 0 Å². The zero-order valence-corrected chi connectivity index (χ0v) is 15.7. The average molecular weight is 393 g/mol. The third-order valence-electron chi connectivity index (χ3n) is 4.25. The Labute approximate surface area is 161 Å². The molecule has 2 amide bonds. The number of carbonyl (C=O) groups excluding carboxylic acids is 2. The number of rotatable bonds is 3. The summed E-state index contributed by atoms with van der Waals surface area (Å²) >= 11 is 12.0. The summed E-state index contributed by atoms with van der Waals surface area (Å²) in [6.45, 7) is 4.43. The number of benzene rings is 1. The van der Waals surface area contributed by atoms with Crippen LogP contribution in [0.1, 0.15) is 17.4 Å². The molecule has 0 aliphatic carbocycles. The molecule has 26 heavy (non-hydrogen) atoms. The predicted octanol–water partition coefficient (Wildman–Crippen LogP) is 3.31. The second kappa shape index (κ2) is 7.93. The first kappa shape index (κ1) is 18.5. The first-order chi connectivity index (χ1) is 12.4. The number of carbonyl (C=O) groups is 2. The van der Waals surface area contributed by atoms with Gasteiger partial charge in [-0.25, -0.2) is 4.98 Å². The number of anilines is 2. The Kier molecular flexibility index (Phi) is 5.64. The number of halogens is 2. The standard InChI is InChI=1S/C18H18Cl2N4O2/c1-12(25)23-6-8-24(9-7-23)14-3-5-16(21-11-14)18(26)22-17-10-13(19)2-4-15(17)20/h2-5,10-11H,6-9H2,1H3,(H,22,26). The van der Waals surface area contributed by atoms with E-state index in [1.54, 1.807) is 37.4 Å². The molecule has 0 bridgehead atoms. The van der Waals surface area contributed by atoms with Crippen molar-refractivity contribution in [3.8, 4) is 0 Å². The number of hydrogen-bond donors (Lipinski definition) is 1. The average Bonchev–Trinajstić information content (AvgIpc) is 2.65. The van der Waals surface area contributed by atoms with Crippen LogP contribution in [0.4, 0.5) is 11.4 Å². The zero-order chi connectivity index (χ0) is 18.7. The summed E-state index contributed by atoms with van der Waals surface area (Å²) in [5.74, 6) is -0.267. The summed E-state index contributed by atoms with van der Waals surface area (Å²) in [6, 6.07) is 8.38. The molecule has 1 N–H and O–H groups in total. The number of nitrogens with zero attached hydrogens (tertiary/aromatic N) is 3. The summed E-state index contributed by atoms with van der Waals surface area (Å²) in [5.41, 5.74) is 1.65. The van der Waals surface area contributed by atoms with Gasteiger partial charge in [0.05, 0.1) is 22.6 Å². The SMILES string of the molecule is CC(=O)N1CCN(c2ccc(C(=O)Nc3cc(Cl)ccc3Cl)nc2)CC1. The van der Waals surface area contributed by atoms with Gasteiger partial charge < -0.3 is 15.1 Å². The Morgan fingerprint density at radius 1 is 1.08 bits per heavy atom. The summed E-state index contributed by atoms with van der Waals surface area (Å²) in [4.78, 5) is 31.9. The minimum absolute atomic E-state index is 0.0921. The number of pyridine rings is 1.